The van der Waals surface area contributed by atoms with Crippen LogP contribution < -0.4 is 10.6 Å². The summed E-state index contributed by atoms with van der Waals surface area (Å²) in [5, 5.41) is 6.72. The van der Waals surface area contributed by atoms with E-state index in [2.05, 4.69) is 20.5 Å². The summed E-state index contributed by atoms with van der Waals surface area (Å²) in [6, 6.07) is 7.71. The van der Waals surface area contributed by atoms with Gasteiger partial charge in [-0.05, 0) is 63.0 Å². The van der Waals surface area contributed by atoms with Gasteiger partial charge in [0.2, 0.25) is 0 Å². The number of hydrogen-bond donors (Lipinski definition) is 2. The van der Waals surface area contributed by atoms with Gasteiger partial charge >= 0.3 is 0 Å². The SMILES string of the molecule is CN=C(NCCCCCN1CCCCC1)NCc1ccc(C(=O)N(C)C)cc1.I. The number of hydrogen-bond acceptors (Lipinski definition) is 3. The van der Waals surface area contributed by atoms with Crippen LogP contribution in [0.2, 0.25) is 0 Å². The molecular weight excluding hydrogens is 477 g/mol. The maximum absolute atomic E-state index is 11.9. The Bertz CT molecular complexity index is 612. The van der Waals surface area contributed by atoms with Crippen molar-refractivity contribution < 1.29 is 4.79 Å². The fourth-order valence-corrected chi connectivity index (χ4v) is 3.46. The van der Waals surface area contributed by atoms with Crippen molar-refractivity contribution >= 4 is 35.8 Å². The highest BCUT2D eigenvalue weighted by Gasteiger charge is 2.09. The minimum atomic E-state index is 0. The lowest BCUT2D eigenvalue weighted by Crippen LogP contribution is -2.37. The normalized spacial score (nSPS) is 14.8. The Kier molecular flexibility index (Phi) is 12.9. The predicted octanol–water partition coefficient (Wildman–Crippen LogP) is 3.33. The van der Waals surface area contributed by atoms with Gasteiger partial charge in [0.05, 0.1) is 0 Å². The zero-order valence-corrected chi connectivity index (χ0v) is 20.6. The van der Waals surface area contributed by atoms with E-state index in [1.807, 2.05) is 24.3 Å². The van der Waals surface area contributed by atoms with Gasteiger partial charge in [-0.2, -0.15) is 0 Å². The molecule has 1 amide bonds. The number of nitrogens with zero attached hydrogens (tertiary/aromatic N) is 3. The van der Waals surface area contributed by atoms with Crippen molar-refractivity contribution in [1.29, 1.82) is 0 Å². The molecule has 29 heavy (non-hydrogen) atoms. The standard InChI is InChI=1S/C22H37N5O.HI/c1-23-22(24-14-6-4-7-15-27-16-8-5-9-17-27)25-18-19-10-12-20(13-11-19)21(28)26(2)3;/h10-13H,4-9,14-18H2,1-3H3,(H2,23,24,25);1H. The molecular formula is C22H38IN5O. The zero-order chi connectivity index (χ0) is 20.2. The molecule has 0 spiro atoms. The first-order valence-corrected chi connectivity index (χ1v) is 10.6. The molecule has 2 N–H and O–H groups in total. The highest BCUT2D eigenvalue weighted by atomic mass is 127. The fraction of sp³-hybridized carbons (Fsp3) is 0.636. The summed E-state index contributed by atoms with van der Waals surface area (Å²) in [5.41, 5.74) is 1.83. The van der Waals surface area contributed by atoms with Crippen molar-refractivity contribution in [3.8, 4) is 0 Å². The number of piperidine rings is 1. The molecule has 0 aromatic heterocycles. The number of carbonyl (C=O) groups is 1. The van der Waals surface area contributed by atoms with Crippen LogP contribution in [0.1, 0.15) is 54.4 Å². The van der Waals surface area contributed by atoms with Gasteiger partial charge in [-0.25, -0.2) is 0 Å². The molecule has 2 rings (SSSR count). The number of rotatable bonds is 9. The quantitative estimate of drug-likeness (QED) is 0.229. The van der Waals surface area contributed by atoms with Crippen LogP contribution in [0.15, 0.2) is 29.3 Å². The summed E-state index contributed by atoms with van der Waals surface area (Å²) in [6.45, 7) is 5.46. The van der Waals surface area contributed by atoms with Crippen LogP contribution in [0.25, 0.3) is 0 Å². The van der Waals surface area contributed by atoms with E-state index in [1.54, 1.807) is 26.0 Å². The van der Waals surface area contributed by atoms with Crippen molar-refractivity contribution in [3.63, 3.8) is 0 Å². The zero-order valence-electron chi connectivity index (χ0n) is 18.2. The minimum absolute atomic E-state index is 0. The maximum atomic E-state index is 11.9. The van der Waals surface area contributed by atoms with E-state index >= 15 is 0 Å². The van der Waals surface area contributed by atoms with Gasteiger partial charge in [0.25, 0.3) is 5.91 Å². The van der Waals surface area contributed by atoms with Crippen LogP contribution in [0.4, 0.5) is 0 Å². The van der Waals surface area contributed by atoms with E-state index in [-0.39, 0.29) is 29.9 Å². The molecule has 6 nitrogen and oxygen atoms in total. The van der Waals surface area contributed by atoms with Crippen LogP contribution in [0.5, 0.6) is 0 Å². The summed E-state index contributed by atoms with van der Waals surface area (Å²) in [5.74, 6) is 0.849. The molecule has 1 fully saturated rings. The largest absolute Gasteiger partial charge is 0.356 e. The third kappa shape index (κ3) is 9.80. The van der Waals surface area contributed by atoms with Crippen LogP contribution in [0.3, 0.4) is 0 Å². The molecule has 0 bridgehead atoms. The number of aliphatic imine (C=N–C) groups is 1. The maximum Gasteiger partial charge on any atom is 0.253 e. The average Bonchev–Trinajstić information content (AvgIpc) is 2.73. The van der Waals surface area contributed by atoms with E-state index in [0.717, 1.165) is 24.5 Å². The molecule has 1 aliphatic heterocycles. The molecule has 1 aliphatic rings. The van der Waals surface area contributed by atoms with Crippen LogP contribution in [-0.2, 0) is 6.54 Å². The van der Waals surface area contributed by atoms with E-state index in [4.69, 9.17) is 0 Å². The highest BCUT2D eigenvalue weighted by Crippen LogP contribution is 2.10. The molecule has 0 unspecified atom stereocenters. The summed E-state index contributed by atoms with van der Waals surface area (Å²) < 4.78 is 0. The van der Waals surface area contributed by atoms with E-state index in [9.17, 15) is 4.79 Å². The second-order valence-electron chi connectivity index (χ2n) is 7.71. The van der Waals surface area contributed by atoms with Gasteiger partial charge in [-0.15, -0.1) is 24.0 Å². The Hall–Kier alpha value is -1.35. The van der Waals surface area contributed by atoms with Gasteiger partial charge in [0.15, 0.2) is 5.96 Å². The van der Waals surface area contributed by atoms with Crippen molar-refractivity contribution in [2.24, 2.45) is 4.99 Å². The second-order valence-corrected chi connectivity index (χ2v) is 7.71. The molecule has 7 heteroatoms. The summed E-state index contributed by atoms with van der Waals surface area (Å²) in [7, 11) is 5.33. The van der Waals surface area contributed by atoms with Crippen LogP contribution in [-0.4, -0.2) is 69.0 Å². The molecule has 0 aliphatic carbocycles. The topological polar surface area (TPSA) is 60.0 Å². The van der Waals surface area contributed by atoms with E-state index in [0.29, 0.717) is 12.1 Å². The molecule has 1 aromatic carbocycles. The average molecular weight is 515 g/mol. The van der Waals surface area contributed by atoms with Crippen molar-refractivity contribution in [2.45, 2.75) is 45.1 Å². The number of benzene rings is 1. The van der Waals surface area contributed by atoms with Crippen molar-refractivity contribution in [3.05, 3.63) is 35.4 Å². The van der Waals surface area contributed by atoms with Gasteiger partial charge < -0.3 is 20.4 Å². The van der Waals surface area contributed by atoms with E-state index in [1.165, 1.54) is 51.7 Å². The summed E-state index contributed by atoms with van der Waals surface area (Å²) >= 11 is 0. The Labute approximate surface area is 193 Å². The third-order valence-corrected chi connectivity index (χ3v) is 5.18. The molecule has 1 heterocycles. The highest BCUT2D eigenvalue weighted by molar-refractivity contribution is 14.0. The number of likely N-dealkylation sites (tertiary alicyclic amines) is 1. The summed E-state index contributed by atoms with van der Waals surface area (Å²) in [4.78, 5) is 20.4. The van der Waals surface area contributed by atoms with Crippen LogP contribution >= 0.6 is 24.0 Å². The summed E-state index contributed by atoms with van der Waals surface area (Å²) in [6.07, 6.45) is 7.85. The number of nitrogens with one attached hydrogen (secondary N) is 2. The van der Waals surface area contributed by atoms with Gasteiger partial charge in [0.1, 0.15) is 0 Å². The number of amides is 1. The lowest BCUT2D eigenvalue weighted by atomic mass is 10.1. The van der Waals surface area contributed by atoms with Crippen molar-refractivity contribution in [1.82, 2.24) is 20.4 Å². The number of halogens is 1. The molecule has 1 saturated heterocycles. The van der Waals surface area contributed by atoms with Gasteiger partial charge in [0, 0.05) is 39.8 Å². The lowest BCUT2D eigenvalue weighted by Gasteiger charge is -2.26. The molecule has 164 valence electrons. The number of carbonyl (C=O) groups excluding carboxylic acids is 1. The van der Waals surface area contributed by atoms with Gasteiger partial charge in [-0.1, -0.05) is 25.0 Å². The Balaban J connectivity index is 0.00000420. The first-order valence-electron chi connectivity index (χ1n) is 10.6. The van der Waals surface area contributed by atoms with Crippen molar-refractivity contribution in [2.75, 3.05) is 47.3 Å². The smallest absolute Gasteiger partial charge is 0.253 e. The minimum Gasteiger partial charge on any atom is -0.356 e. The first kappa shape index (κ1) is 25.7. The monoisotopic (exact) mass is 515 g/mol. The Morgan fingerprint density at radius 1 is 1.03 bits per heavy atom. The molecule has 0 atom stereocenters. The Morgan fingerprint density at radius 3 is 2.34 bits per heavy atom. The third-order valence-electron chi connectivity index (χ3n) is 5.18. The van der Waals surface area contributed by atoms with E-state index < -0.39 is 0 Å². The Morgan fingerprint density at radius 2 is 1.72 bits per heavy atom. The fourth-order valence-electron chi connectivity index (χ4n) is 3.46. The number of unbranched alkanes of at least 4 members (excludes halogenated alkanes) is 2. The van der Waals surface area contributed by atoms with Gasteiger partial charge in [-0.3, -0.25) is 9.79 Å². The molecule has 0 radical (unpaired) electrons. The molecule has 0 saturated carbocycles. The van der Waals surface area contributed by atoms with Crippen LogP contribution in [0, 0.1) is 0 Å². The number of guanidine groups is 1. The molecule has 1 aromatic rings. The second kappa shape index (κ2) is 14.6. The predicted molar refractivity (Wildman–Crippen MR) is 132 cm³/mol. The first-order chi connectivity index (χ1) is 13.6. The lowest BCUT2D eigenvalue weighted by molar-refractivity contribution is 0.0827.